The molecule has 0 fully saturated rings. The maximum atomic E-state index is 11.9. The van der Waals surface area contributed by atoms with Gasteiger partial charge in [0.05, 0.1) is 12.3 Å². The molecule has 0 aliphatic rings. The molecule has 7 nitrogen and oxygen atoms in total. The molecule has 1 amide bonds. The summed E-state index contributed by atoms with van der Waals surface area (Å²) >= 11 is 0. The quantitative estimate of drug-likeness (QED) is 0.875. The minimum Gasteiger partial charge on any atom is -0.478 e. The number of rotatable bonds is 6. The van der Waals surface area contributed by atoms with Crippen LogP contribution in [-0.4, -0.2) is 27.6 Å². The van der Waals surface area contributed by atoms with E-state index in [-0.39, 0.29) is 5.91 Å². The van der Waals surface area contributed by atoms with Gasteiger partial charge >= 0.3 is 0 Å². The zero-order valence-electron chi connectivity index (χ0n) is 12.3. The van der Waals surface area contributed by atoms with Crippen molar-refractivity contribution >= 4 is 11.7 Å². The number of carbonyl (C=O) groups is 1. The topological polar surface area (TPSA) is 90.1 Å². The molecule has 2 aromatic rings. The third-order valence-electron chi connectivity index (χ3n) is 2.98. The zero-order chi connectivity index (χ0) is 15.2. The first-order chi connectivity index (χ1) is 10.1. The van der Waals surface area contributed by atoms with Crippen LogP contribution in [0.5, 0.6) is 5.88 Å². The fraction of sp³-hybridized carbons (Fsp3) is 0.429. The molecule has 0 bridgehead atoms. The van der Waals surface area contributed by atoms with Crippen molar-refractivity contribution in [2.45, 2.75) is 33.6 Å². The number of carbonyl (C=O) groups excluding carboxylic acids is 1. The van der Waals surface area contributed by atoms with Crippen LogP contribution in [0.1, 0.15) is 30.4 Å². The van der Waals surface area contributed by atoms with Gasteiger partial charge in [0.1, 0.15) is 17.9 Å². The van der Waals surface area contributed by atoms with Crippen LogP contribution in [0.15, 0.2) is 16.9 Å². The smallest absolute Gasteiger partial charge is 0.225 e. The highest BCUT2D eigenvalue weighted by molar-refractivity contribution is 5.89. The summed E-state index contributed by atoms with van der Waals surface area (Å²) in [5.41, 5.74) is 1.80. The number of aromatic nitrogens is 3. The first-order valence-electron chi connectivity index (χ1n) is 6.76. The lowest BCUT2D eigenvalue weighted by Crippen LogP contribution is -2.14. The molecule has 0 aliphatic heterocycles. The van der Waals surface area contributed by atoms with E-state index in [1.54, 1.807) is 6.07 Å². The molecule has 2 heterocycles. The van der Waals surface area contributed by atoms with Gasteiger partial charge in [0, 0.05) is 18.1 Å². The van der Waals surface area contributed by atoms with Gasteiger partial charge in [-0.15, -0.1) is 0 Å². The lowest BCUT2D eigenvalue weighted by atomic mass is 10.1. The second-order valence-corrected chi connectivity index (χ2v) is 4.53. The van der Waals surface area contributed by atoms with E-state index < -0.39 is 0 Å². The minimum atomic E-state index is -0.129. The third-order valence-corrected chi connectivity index (χ3v) is 2.98. The van der Waals surface area contributed by atoms with E-state index >= 15 is 0 Å². The van der Waals surface area contributed by atoms with Crippen molar-refractivity contribution in [2.24, 2.45) is 0 Å². The predicted molar refractivity (Wildman–Crippen MR) is 76.1 cm³/mol. The number of ether oxygens (including phenoxy) is 1. The van der Waals surface area contributed by atoms with Crippen LogP contribution in [0.3, 0.4) is 0 Å². The van der Waals surface area contributed by atoms with Gasteiger partial charge in [-0.05, 0) is 27.2 Å². The fourth-order valence-corrected chi connectivity index (χ4v) is 1.94. The van der Waals surface area contributed by atoms with Gasteiger partial charge in [-0.3, -0.25) is 4.79 Å². The standard InChI is InChI=1S/C14H18N4O3/c1-4-20-14-7-12(15-8-16-14)17-13(19)6-5-11-9(2)18-21-10(11)3/h7-8H,4-6H2,1-3H3,(H,15,16,17,19). The number of nitrogens with one attached hydrogen (secondary N) is 1. The van der Waals surface area contributed by atoms with Gasteiger partial charge < -0.3 is 14.6 Å². The molecule has 0 aromatic carbocycles. The molecule has 0 aliphatic carbocycles. The van der Waals surface area contributed by atoms with Crippen molar-refractivity contribution in [3.63, 3.8) is 0 Å². The fourth-order valence-electron chi connectivity index (χ4n) is 1.94. The maximum Gasteiger partial charge on any atom is 0.225 e. The molecule has 1 N–H and O–H groups in total. The second kappa shape index (κ2) is 6.83. The van der Waals surface area contributed by atoms with Crippen LogP contribution in [-0.2, 0) is 11.2 Å². The Hall–Kier alpha value is -2.44. The van der Waals surface area contributed by atoms with Gasteiger partial charge in [-0.2, -0.15) is 0 Å². The van der Waals surface area contributed by atoms with Crippen LogP contribution in [0.25, 0.3) is 0 Å². The highest BCUT2D eigenvalue weighted by atomic mass is 16.5. The summed E-state index contributed by atoms with van der Waals surface area (Å²) in [6.45, 7) is 6.08. The Morgan fingerprint density at radius 1 is 1.38 bits per heavy atom. The van der Waals surface area contributed by atoms with E-state index in [0.717, 1.165) is 17.0 Å². The maximum absolute atomic E-state index is 11.9. The molecule has 7 heteroatoms. The van der Waals surface area contributed by atoms with Crippen molar-refractivity contribution < 1.29 is 14.1 Å². The summed E-state index contributed by atoms with van der Waals surface area (Å²) in [5, 5.41) is 6.59. The summed E-state index contributed by atoms with van der Waals surface area (Å²) in [5.74, 6) is 1.49. The number of aryl methyl sites for hydroxylation is 2. The van der Waals surface area contributed by atoms with Crippen LogP contribution in [0, 0.1) is 13.8 Å². The average molecular weight is 290 g/mol. The first-order valence-corrected chi connectivity index (χ1v) is 6.76. The molecule has 0 radical (unpaired) electrons. The molecule has 0 atom stereocenters. The lowest BCUT2D eigenvalue weighted by Gasteiger charge is -2.06. The molecule has 21 heavy (non-hydrogen) atoms. The molecule has 2 rings (SSSR count). The predicted octanol–water partition coefficient (Wildman–Crippen LogP) is 2.05. The van der Waals surface area contributed by atoms with Gasteiger partial charge in [-0.25, -0.2) is 9.97 Å². The largest absolute Gasteiger partial charge is 0.478 e. The van der Waals surface area contributed by atoms with Gasteiger partial charge in [0.25, 0.3) is 0 Å². The molecular weight excluding hydrogens is 272 g/mol. The van der Waals surface area contributed by atoms with E-state index in [2.05, 4.69) is 20.4 Å². The number of amides is 1. The summed E-state index contributed by atoms with van der Waals surface area (Å²) in [4.78, 5) is 19.9. The van der Waals surface area contributed by atoms with Crippen LogP contribution >= 0.6 is 0 Å². The van der Waals surface area contributed by atoms with Crippen molar-refractivity contribution in [3.8, 4) is 5.88 Å². The molecule has 0 unspecified atom stereocenters. The molecular formula is C14H18N4O3. The SMILES string of the molecule is CCOc1cc(NC(=O)CCc2c(C)noc2C)ncn1. The first kappa shape index (κ1) is 15.0. The van der Waals surface area contributed by atoms with Crippen LogP contribution < -0.4 is 10.1 Å². The lowest BCUT2D eigenvalue weighted by molar-refractivity contribution is -0.116. The van der Waals surface area contributed by atoms with Crippen molar-refractivity contribution in [1.29, 1.82) is 0 Å². The van der Waals surface area contributed by atoms with Crippen molar-refractivity contribution in [1.82, 2.24) is 15.1 Å². The summed E-state index contributed by atoms with van der Waals surface area (Å²) < 4.78 is 10.3. The summed E-state index contributed by atoms with van der Waals surface area (Å²) in [7, 11) is 0. The van der Waals surface area contributed by atoms with Crippen LogP contribution in [0.2, 0.25) is 0 Å². The van der Waals surface area contributed by atoms with E-state index in [0.29, 0.717) is 31.1 Å². The molecule has 0 saturated carbocycles. The Balaban J connectivity index is 1.91. The Kier molecular flexibility index (Phi) is 4.86. The zero-order valence-corrected chi connectivity index (χ0v) is 12.3. The molecule has 2 aromatic heterocycles. The van der Waals surface area contributed by atoms with E-state index in [4.69, 9.17) is 9.26 Å². The van der Waals surface area contributed by atoms with Crippen molar-refractivity contribution in [2.75, 3.05) is 11.9 Å². The Morgan fingerprint density at radius 2 is 2.19 bits per heavy atom. The summed E-state index contributed by atoms with van der Waals surface area (Å²) in [6, 6.07) is 1.59. The third kappa shape index (κ3) is 4.01. The Labute approximate surface area is 122 Å². The second-order valence-electron chi connectivity index (χ2n) is 4.53. The number of hydrogen-bond donors (Lipinski definition) is 1. The molecule has 112 valence electrons. The van der Waals surface area contributed by atoms with E-state index in [9.17, 15) is 4.79 Å². The Bertz CT molecular complexity index is 605. The van der Waals surface area contributed by atoms with Crippen LogP contribution in [0.4, 0.5) is 5.82 Å². The van der Waals surface area contributed by atoms with Gasteiger partial charge in [-0.1, -0.05) is 5.16 Å². The van der Waals surface area contributed by atoms with E-state index in [1.165, 1.54) is 6.33 Å². The van der Waals surface area contributed by atoms with Gasteiger partial charge in [0.2, 0.25) is 11.8 Å². The highest BCUT2D eigenvalue weighted by Crippen LogP contribution is 2.15. The normalized spacial score (nSPS) is 10.4. The number of anilines is 1. The van der Waals surface area contributed by atoms with E-state index in [1.807, 2.05) is 20.8 Å². The Morgan fingerprint density at radius 3 is 2.86 bits per heavy atom. The van der Waals surface area contributed by atoms with Crippen molar-refractivity contribution in [3.05, 3.63) is 29.4 Å². The summed E-state index contributed by atoms with van der Waals surface area (Å²) in [6.07, 6.45) is 2.27. The molecule has 0 spiro atoms. The van der Waals surface area contributed by atoms with Gasteiger partial charge in [0.15, 0.2) is 0 Å². The number of nitrogens with zero attached hydrogens (tertiary/aromatic N) is 3. The molecule has 0 saturated heterocycles. The average Bonchev–Trinajstić information content (AvgIpc) is 2.77. The minimum absolute atomic E-state index is 0.129. The highest BCUT2D eigenvalue weighted by Gasteiger charge is 2.12. The number of hydrogen-bond acceptors (Lipinski definition) is 6. The monoisotopic (exact) mass is 290 g/mol.